The van der Waals surface area contributed by atoms with E-state index in [1.807, 2.05) is 26.0 Å². The van der Waals surface area contributed by atoms with Crippen molar-refractivity contribution < 1.29 is 0 Å². The van der Waals surface area contributed by atoms with Crippen LogP contribution in [-0.2, 0) is 0 Å². The summed E-state index contributed by atoms with van der Waals surface area (Å²) in [4.78, 5) is 3.99. The summed E-state index contributed by atoms with van der Waals surface area (Å²) in [6.07, 6.45) is 13.9. The van der Waals surface area contributed by atoms with E-state index in [-0.39, 0.29) is 12.2 Å². The normalized spacial score (nSPS) is 13.5. The summed E-state index contributed by atoms with van der Waals surface area (Å²) in [6, 6.07) is 0.0127. The summed E-state index contributed by atoms with van der Waals surface area (Å²) in [5.74, 6) is 0. The Kier molecular flexibility index (Phi) is 18.7. The minimum absolute atomic E-state index is 0. The van der Waals surface area contributed by atoms with E-state index in [0.717, 1.165) is 11.1 Å². The van der Waals surface area contributed by atoms with Crippen molar-refractivity contribution >= 4 is 6.34 Å². The van der Waals surface area contributed by atoms with Crippen LogP contribution in [0, 0.1) is 0 Å². The number of aliphatic imine (C=N–C) groups is 1. The van der Waals surface area contributed by atoms with Crippen molar-refractivity contribution in [2.45, 2.75) is 39.7 Å². The van der Waals surface area contributed by atoms with Crippen LogP contribution in [0.2, 0.25) is 0 Å². The number of allylic oxidation sites excluding steroid dienone is 7. The second-order valence-electron chi connectivity index (χ2n) is 4.96. The van der Waals surface area contributed by atoms with E-state index in [2.05, 4.69) is 63.0 Å². The molecule has 0 heterocycles. The van der Waals surface area contributed by atoms with Crippen LogP contribution in [0.4, 0.5) is 0 Å². The van der Waals surface area contributed by atoms with Gasteiger partial charge < -0.3 is 11.9 Å². The lowest BCUT2D eigenvalue weighted by molar-refractivity contribution is 0.885. The van der Waals surface area contributed by atoms with Crippen molar-refractivity contribution in [3.8, 4) is 0 Å². The maximum Gasteiger partial charge on any atom is 0.0805 e. The molecule has 3 nitrogen and oxygen atoms in total. The van der Waals surface area contributed by atoms with Gasteiger partial charge in [-0.1, -0.05) is 55.7 Å². The van der Waals surface area contributed by atoms with E-state index in [4.69, 9.17) is 5.73 Å². The fourth-order valence-corrected chi connectivity index (χ4v) is 1.75. The molecule has 5 N–H and O–H groups in total. The summed E-state index contributed by atoms with van der Waals surface area (Å²) in [7, 11) is 0. The fraction of sp³-hybridized carbons (Fsp3) is 0.286. The van der Waals surface area contributed by atoms with E-state index in [9.17, 15) is 0 Å². The fourth-order valence-electron chi connectivity index (χ4n) is 1.75. The van der Waals surface area contributed by atoms with E-state index in [1.54, 1.807) is 0 Å². The first-order valence-electron chi connectivity index (χ1n) is 7.69. The highest BCUT2D eigenvalue weighted by Crippen LogP contribution is 2.17. The first-order valence-corrected chi connectivity index (χ1v) is 7.69. The molecule has 134 valence electrons. The van der Waals surface area contributed by atoms with Crippen molar-refractivity contribution in [2.75, 3.05) is 0 Å². The molecule has 1 atom stereocenters. The maximum atomic E-state index is 5.16. The molecule has 0 amide bonds. The quantitative estimate of drug-likeness (QED) is 0.287. The van der Waals surface area contributed by atoms with Crippen LogP contribution in [-0.4, -0.2) is 12.4 Å². The molecule has 0 saturated heterocycles. The van der Waals surface area contributed by atoms with Crippen molar-refractivity contribution in [3.63, 3.8) is 0 Å². The first-order chi connectivity index (χ1) is 10.9. The summed E-state index contributed by atoms with van der Waals surface area (Å²) < 4.78 is 0. The molecule has 0 spiro atoms. The molecule has 1 rings (SSSR count). The molecule has 0 aromatic rings. The molecule has 0 radical (unpaired) electrons. The molecule has 0 aromatic carbocycles. The van der Waals surface area contributed by atoms with Gasteiger partial charge in [-0.2, -0.15) is 0 Å². The summed E-state index contributed by atoms with van der Waals surface area (Å²) in [6.45, 7) is 23.5. The van der Waals surface area contributed by atoms with Gasteiger partial charge in [-0.25, -0.2) is 0 Å². The molecule has 0 bridgehead atoms. The van der Waals surface area contributed by atoms with Gasteiger partial charge in [-0.15, -0.1) is 13.2 Å². The van der Waals surface area contributed by atoms with E-state index < -0.39 is 0 Å². The summed E-state index contributed by atoms with van der Waals surface area (Å²) in [5, 5.41) is 0. The van der Waals surface area contributed by atoms with Crippen molar-refractivity contribution in [1.29, 1.82) is 0 Å². The van der Waals surface area contributed by atoms with Crippen LogP contribution in [0.25, 0.3) is 0 Å². The average Bonchev–Trinajstić information content (AvgIpc) is 2.57. The smallest absolute Gasteiger partial charge is 0.0805 e. The molecule has 3 heteroatoms. The molecule has 0 fully saturated rings. The zero-order valence-electron chi connectivity index (χ0n) is 15.7. The Morgan fingerprint density at radius 1 is 1.29 bits per heavy atom. The van der Waals surface area contributed by atoms with Gasteiger partial charge in [0.25, 0.3) is 0 Å². The average molecular weight is 330 g/mol. The third kappa shape index (κ3) is 12.2. The lowest BCUT2D eigenvalue weighted by Gasteiger charge is -2.09. The van der Waals surface area contributed by atoms with Gasteiger partial charge in [0.1, 0.15) is 0 Å². The minimum atomic E-state index is 0. The second kappa shape index (κ2) is 17.0. The number of hydrogen-bond acceptors (Lipinski definition) is 2. The number of rotatable bonds is 5. The van der Waals surface area contributed by atoms with Gasteiger partial charge in [-0.05, 0) is 50.3 Å². The molecule has 1 aliphatic carbocycles. The Morgan fingerprint density at radius 2 is 1.88 bits per heavy atom. The predicted octanol–water partition coefficient (Wildman–Crippen LogP) is 5.85. The van der Waals surface area contributed by atoms with Gasteiger partial charge in [0, 0.05) is 0 Å². The Hall–Kier alpha value is -2.39. The molecule has 24 heavy (non-hydrogen) atoms. The molecule has 1 unspecified atom stereocenters. The van der Waals surface area contributed by atoms with Crippen LogP contribution in [0.15, 0.2) is 90.6 Å². The highest BCUT2D eigenvalue weighted by atomic mass is 14.8. The number of nitrogens with zero attached hydrogens (tertiary/aromatic N) is 1. The third-order valence-electron chi connectivity index (χ3n) is 3.16. The van der Waals surface area contributed by atoms with Gasteiger partial charge in [0.15, 0.2) is 0 Å². The highest BCUT2D eigenvalue weighted by Gasteiger charge is 2.04. The standard InChI is InChI=1S/C10H16N2.C9H12.C2H4.H3N/c1-5-6-8(2)9(3)10(4)12-7-11;1-8(2)9-6-4-3-5-7-9;1-2;/h5-7,10H,2-3H2,1,4H3,(H2,11,12);3-4,6H,1,5,7H2,2H3;1-2H2;1H3/b6-5-;;;. The van der Waals surface area contributed by atoms with Crippen LogP contribution in [0.5, 0.6) is 0 Å². The van der Waals surface area contributed by atoms with Crippen LogP contribution < -0.4 is 11.9 Å². The lowest BCUT2D eigenvalue weighted by Crippen LogP contribution is -2.05. The zero-order valence-corrected chi connectivity index (χ0v) is 15.7. The molecule has 1 aliphatic rings. The van der Waals surface area contributed by atoms with Crippen molar-refractivity contribution in [1.82, 2.24) is 6.15 Å². The van der Waals surface area contributed by atoms with Crippen LogP contribution in [0.1, 0.15) is 33.6 Å². The minimum Gasteiger partial charge on any atom is -0.390 e. The largest absolute Gasteiger partial charge is 0.390 e. The van der Waals surface area contributed by atoms with Crippen molar-refractivity contribution in [2.24, 2.45) is 10.7 Å². The Balaban J connectivity index is -0.000000328. The molecular formula is C21H35N3. The van der Waals surface area contributed by atoms with Crippen LogP contribution in [0.3, 0.4) is 0 Å². The summed E-state index contributed by atoms with van der Waals surface area (Å²) in [5.41, 5.74) is 9.57. The predicted molar refractivity (Wildman–Crippen MR) is 113 cm³/mol. The monoisotopic (exact) mass is 329 g/mol. The molecule has 0 aromatic heterocycles. The maximum absolute atomic E-state index is 5.16. The lowest BCUT2D eigenvalue weighted by atomic mass is 10.00. The Bertz CT molecular complexity index is 505. The zero-order chi connectivity index (χ0) is 18.3. The topological polar surface area (TPSA) is 73.4 Å². The number of hydrogen-bond donors (Lipinski definition) is 2. The Labute approximate surface area is 149 Å². The van der Waals surface area contributed by atoms with Gasteiger partial charge >= 0.3 is 0 Å². The van der Waals surface area contributed by atoms with E-state index in [1.165, 1.54) is 30.3 Å². The first kappa shape index (κ1) is 26.5. The second-order valence-corrected chi connectivity index (χ2v) is 4.96. The van der Waals surface area contributed by atoms with Gasteiger partial charge in [0.05, 0.1) is 12.4 Å². The van der Waals surface area contributed by atoms with E-state index >= 15 is 0 Å². The van der Waals surface area contributed by atoms with Crippen LogP contribution >= 0.6 is 0 Å². The number of nitrogens with two attached hydrogens (primary N) is 1. The molecule has 0 aliphatic heterocycles. The van der Waals surface area contributed by atoms with Gasteiger partial charge in [-0.3, -0.25) is 4.99 Å². The Morgan fingerprint density at radius 3 is 2.21 bits per heavy atom. The summed E-state index contributed by atoms with van der Waals surface area (Å²) >= 11 is 0. The van der Waals surface area contributed by atoms with Crippen molar-refractivity contribution in [3.05, 3.63) is 85.6 Å². The molecule has 0 saturated carbocycles. The van der Waals surface area contributed by atoms with E-state index in [0.29, 0.717) is 0 Å². The third-order valence-corrected chi connectivity index (χ3v) is 3.16. The SMILES string of the molecule is C=C.C=C(/C=C\C)C(=C)C(C)N=CN.C=C(C)C1=CC=CCC1.N. The molecular weight excluding hydrogens is 294 g/mol. The van der Waals surface area contributed by atoms with Gasteiger partial charge in [0.2, 0.25) is 0 Å². The highest BCUT2D eigenvalue weighted by molar-refractivity contribution is 5.53.